The standard InChI is InChI=1S/C19H28FNO3/c1-5-7-15-10-11-16(21(15)18(23)24-19(2,3)4)17(22)13-8-6-9-14(20)12-13/h6,8-9,12,15-17,22H,5,7,10-11H2,1-4H3. The summed E-state index contributed by atoms with van der Waals surface area (Å²) >= 11 is 0. The second kappa shape index (κ2) is 7.51. The van der Waals surface area contributed by atoms with Crippen molar-refractivity contribution in [1.82, 2.24) is 4.90 Å². The minimum atomic E-state index is -0.921. The van der Waals surface area contributed by atoms with Crippen LogP contribution in [0.4, 0.5) is 9.18 Å². The molecule has 2 rings (SSSR count). The van der Waals surface area contributed by atoms with Gasteiger partial charge in [-0.3, -0.25) is 4.90 Å². The van der Waals surface area contributed by atoms with E-state index in [1.807, 2.05) is 20.8 Å². The van der Waals surface area contributed by atoms with E-state index in [4.69, 9.17) is 4.74 Å². The highest BCUT2D eigenvalue weighted by Crippen LogP contribution is 2.36. The van der Waals surface area contributed by atoms with E-state index in [1.54, 1.807) is 17.0 Å². The molecule has 5 heteroatoms. The molecule has 24 heavy (non-hydrogen) atoms. The van der Waals surface area contributed by atoms with Crippen molar-refractivity contribution in [3.05, 3.63) is 35.6 Å². The number of carbonyl (C=O) groups is 1. The normalized spacial score (nSPS) is 22.5. The number of amides is 1. The number of benzene rings is 1. The Morgan fingerprint density at radius 3 is 2.71 bits per heavy atom. The molecular weight excluding hydrogens is 309 g/mol. The maximum absolute atomic E-state index is 13.5. The molecule has 0 aliphatic carbocycles. The number of ether oxygens (including phenoxy) is 1. The zero-order chi connectivity index (χ0) is 17.9. The van der Waals surface area contributed by atoms with Crippen molar-refractivity contribution in [3.8, 4) is 0 Å². The number of carbonyl (C=O) groups excluding carboxylic acids is 1. The van der Waals surface area contributed by atoms with Gasteiger partial charge >= 0.3 is 6.09 Å². The SMILES string of the molecule is CCCC1CCC(C(O)c2cccc(F)c2)N1C(=O)OC(C)(C)C. The van der Waals surface area contributed by atoms with Crippen LogP contribution in [0.1, 0.15) is 65.0 Å². The lowest BCUT2D eigenvalue weighted by molar-refractivity contribution is -0.00541. The van der Waals surface area contributed by atoms with Crippen LogP contribution in [0.2, 0.25) is 0 Å². The van der Waals surface area contributed by atoms with Crippen LogP contribution in [-0.4, -0.2) is 33.8 Å². The van der Waals surface area contributed by atoms with Crippen molar-refractivity contribution in [2.75, 3.05) is 0 Å². The van der Waals surface area contributed by atoms with Crippen LogP contribution < -0.4 is 0 Å². The first-order valence-electron chi connectivity index (χ1n) is 8.67. The molecule has 1 aliphatic rings. The maximum atomic E-state index is 13.5. The largest absolute Gasteiger partial charge is 0.444 e. The molecule has 1 heterocycles. The van der Waals surface area contributed by atoms with Gasteiger partial charge < -0.3 is 9.84 Å². The molecule has 0 aromatic heterocycles. The number of nitrogens with zero attached hydrogens (tertiary/aromatic N) is 1. The highest BCUT2D eigenvalue weighted by molar-refractivity contribution is 5.69. The van der Waals surface area contributed by atoms with E-state index in [-0.39, 0.29) is 6.04 Å². The van der Waals surface area contributed by atoms with Crippen LogP contribution in [0.5, 0.6) is 0 Å². The molecule has 1 N–H and O–H groups in total. The Morgan fingerprint density at radius 2 is 2.12 bits per heavy atom. The monoisotopic (exact) mass is 337 g/mol. The van der Waals surface area contributed by atoms with Gasteiger partial charge in [0.25, 0.3) is 0 Å². The molecule has 0 saturated carbocycles. The van der Waals surface area contributed by atoms with Crippen LogP contribution in [0.15, 0.2) is 24.3 Å². The third-order valence-corrected chi connectivity index (χ3v) is 4.33. The summed E-state index contributed by atoms with van der Waals surface area (Å²) < 4.78 is 19.0. The summed E-state index contributed by atoms with van der Waals surface area (Å²) in [5.41, 5.74) is -0.101. The summed E-state index contributed by atoms with van der Waals surface area (Å²) in [7, 11) is 0. The molecule has 3 atom stereocenters. The molecule has 134 valence electrons. The summed E-state index contributed by atoms with van der Waals surface area (Å²) in [5, 5.41) is 10.7. The number of rotatable bonds is 4. The quantitative estimate of drug-likeness (QED) is 0.884. The van der Waals surface area contributed by atoms with Gasteiger partial charge in [-0.1, -0.05) is 25.5 Å². The van der Waals surface area contributed by atoms with Gasteiger partial charge in [0.1, 0.15) is 11.4 Å². The van der Waals surface area contributed by atoms with Crippen molar-refractivity contribution < 1.29 is 19.0 Å². The lowest BCUT2D eigenvalue weighted by atomic mass is 10.0. The Balaban J connectivity index is 2.24. The van der Waals surface area contributed by atoms with E-state index in [0.29, 0.717) is 12.0 Å². The van der Waals surface area contributed by atoms with Crippen molar-refractivity contribution >= 4 is 6.09 Å². The smallest absolute Gasteiger partial charge is 0.410 e. The predicted molar refractivity (Wildman–Crippen MR) is 91.2 cm³/mol. The topological polar surface area (TPSA) is 49.8 Å². The van der Waals surface area contributed by atoms with Gasteiger partial charge in [-0.15, -0.1) is 0 Å². The van der Waals surface area contributed by atoms with Crippen molar-refractivity contribution in [2.24, 2.45) is 0 Å². The van der Waals surface area contributed by atoms with Crippen molar-refractivity contribution in [1.29, 1.82) is 0 Å². The van der Waals surface area contributed by atoms with Crippen LogP contribution >= 0.6 is 0 Å². The number of halogens is 1. The summed E-state index contributed by atoms with van der Waals surface area (Å²) in [4.78, 5) is 14.3. The van der Waals surface area contributed by atoms with Gasteiger partial charge in [-0.25, -0.2) is 9.18 Å². The third kappa shape index (κ3) is 4.47. The van der Waals surface area contributed by atoms with E-state index in [9.17, 15) is 14.3 Å². The van der Waals surface area contributed by atoms with Gasteiger partial charge in [0.15, 0.2) is 0 Å². The van der Waals surface area contributed by atoms with Gasteiger partial charge in [-0.05, 0) is 57.7 Å². The molecule has 0 bridgehead atoms. The Bertz CT molecular complexity index is 570. The third-order valence-electron chi connectivity index (χ3n) is 4.33. The molecule has 3 unspecified atom stereocenters. The minimum Gasteiger partial charge on any atom is -0.444 e. The highest BCUT2D eigenvalue weighted by Gasteiger charge is 2.42. The van der Waals surface area contributed by atoms with Crippen molar-refractivity contribution in [2.45, 2.75) is 77.2 Å². The van der Waals surface area contributed by atoms with Crippen LogP contribution in [0, 0.1) is 5.82 Å². The van der Waals surface area contributed by atoms with Crippen LogP contribution in [0.25, 0.3) is 0 Å². The fourth-order valence-electron chi connectivity index (χ4n) is 3.35. The van der Waals surface area contributed by atoms with E-state index in [2.05, 4.69) is 6.92 Å². The number of hydrogen-bond donors (Lipinski definition) is 1. The number of likely N-dealkylation sites (tertiary alicyclic amines) is 1. The van der Waals surface area contributed by atoms with Gasteiger partial charge in [0.2, 0.25) is 0 Å². The zero-order valence-corrected chi connectivity index (χ0v) is 15.0. The first kappa shape index (κ1) is 18.7. The van der Waals surface area contributed by atoms with Crippen molar-refractivity contribution in [3.63, 3.8) is 0 Å². The summed E-state index contributed by atoms with van der Waals surface area (Å²) in [6, 6.07) is 5.59. The number of aliphatic hydroxyl groups excluding tert-OH is 1. The van der Waals surface area contributed by atoms with Crippen LogP contribution in [0.3, 0.4) is 0 Å². The Hall–Kier alpha value is -1.62. The van der Waals surface area contributed by atoms with Gasteiger partial charge in [0, 0.05) is 6.04 Å². The van der Waals surface area contributed by atoms with E-state index < -0.39 is 29.7 Å². The molecule has 1 aromatic carbocycles. The lowest BCUT2D eigenvalue weighted by Crippen LogP contribution is -2.46. The Kier molecular flexibility index (Phi) is 5.86. The Labute approximate surface area is 143 Å². The molecule has 1 saturated heterocycles. The number of hydrogen-bond acceptors (Lipinski definition) is 3. The second-order valence-corrected chi connectivity index (χ2v) is 7.47. The molecule has 1 amide bonds. The van der Waals surface area contributed by atoms with E-state index >= 15 is 0 Å². The first-order valence-corrected chi connectivity index (χ1v) is 8.67. The van der Waals surface area contributed by atoms with Crippen LogP contribution in [-0.2, 0) is 4.74 Å². The molecular formula is C19H28FNO3. The fourth-order valence-corrected chi connectivity index (χ4v) is 3.35. The molecule has 1 aliphatic heterocycles. The molecule has 0 radical (unpaired) electrons. The molecule has 4 nitrogen and oxygen atoms in total. The number of aliphatic hydroxyl groups is 1. The molecule has 1 aromatic rings. The maximum Gasteiger partial charge on any atom is 0.410 e. The van der Waals surface area contributed by atoms with E-state index in [0.717, 1.165) is 19.3 Å². The molecule has 0 spiro atoms. The summed E-state index contributed by atoms with van der Waals surface area (Å²) in [6.07, 6.45) is 2.00. The fraction of sp³-hybridized carbons (Fsp3) is 0.632. The van der Waals surface area contributed by atoms with E-state index in [1.165, 1.54) is 12.1 Å². The zero-order valence-electron chi connectivity index (χ0n) is 15.0. The Morgan fingerprint density at radius 1 is 1.42 bits per heavy atom. The average Bonchev–Trinajstić information content (AvgIpc) is 2.89. The lowest BCUT2D eigenvalue weighted by Gasteiger charge is -2.34. The second-order valence-electron chi connectivity index (χ2n) is 7.47. The average molecular weight is 337 g/mol. The summed E-state index contributed by atoms with van der Waals surface area (Å²) in [6.45, 7) is 7.55. The van der Waals surface area contributed by atoms with Gasteiger partial charge in [-0.2, -0.15) is 0 Å². The first-order chi connectivity index (χ1) is 11.2. The minimum absolute atomic E-state index is 0.0538. The highest BCUT2D eigenvalue weighted by atomic mass is 19.1. The molecule has 1 fully saturated rings. The van der Waals surface area contributed by atoms with Gasteiger partial charge in [0.05, 0.1) is 12.1 Å². The predicted octanol–water partition coefficient (Wildman–Crippen LogP) is 4.43. The summed E-state index contributed by atoms with van der Waals surface area (Å²) in [5.74, 6) is -0.390.